The Morgan fingerprint density at radius 2 is 1.61 bits per heavy atom. The van der Waals surface area contributed by atoms with Crippen molar-refractivity contribution in [3.05, 3.63) is 65.7 Å². The van der Waals surface area contributed by atoms with E-state index in [-0.39, 0.29) is 6.10 Å². The zero-order valence-electron chi connectivity index (χ0n) is 10.4. The molecule has 0 radical (unpaired) electrons. The molecule has 1 atom stereocenters. The van der Waals surface area contributed by atoms with Gasteiger partial charge >= 0.3 is 0 Å². The molecule has 1 unspecified atom stereocenters. The minimum Gasteiger partial charge on any atom is -0.399 e. The molecule has 0 saturated heterocycles. The summed E-state index contributed by atoms with van der Waals surface area (Å²) in [5.41, 5.74) is 8.91. The Morgan fingerprint density at radius 1 is 0.944 bits per heavy atom. The number of rotatable bonds is 5. The minimum atomic E-state index is -0.338. The van der Waals surface area contributed by atoms with E-state index in [0.717, 1.165) is 24.1 Å². The zero-order valence-corrected chi connectivity index (χ0v) is 10.4. The van der Waals surface area contributed by atoms with Gasteiger partial charge < -0.3 is 10.8 Å². The summed E-state index contributed by atoms with van der Waals surface area (Å²) in [6.07, 6.45) is 1.95. The van der Waals surface area contributed by atoms with Gasteiger partial charge in [-0.25, -0.2) is 0 Å². The van der Waals surface area contributed by atoms with Gasteiger partial charge in [0.25, 0.3) is 0 Å². The highest BCUT2D eigenvalue weighted by atomic mass is 16.3. The van der Waals surface area contributed by atoms with Gasteiger partial charge in [0.2, 0.25) is 0 Å². The Kier molecular flexibility index (Phi) is 4.37. The Balaban J connectivity index is 1.86. The van der Waals surface area contributed by atoms with Gasteiger partial charge in [0.05, 0.1) is 6.10 Å². The number of anilines is 1. The minimum absolute atomic E-state index is 0.338. The summed E-state index contributed by atoms with van der Waals surface area (Å²) in [6.45, 7) is 0. The SMILES string of the molecule is Nc1ccccc1CC(O)CCc1ccccc1. The number of nitrogens with two attached hydrogens (primary N) is 1. The monoisotopic (exact) mass is 241 g/mol. The van der Waals surface area contributed by atoms with Gasteiger partial charge in [0.1, 0.15) is 0 Å². The molecular weight excluding hydrogens is 222 g/mol. The first-order valence-electron chi connectivity index (χ1n) is 6.31. The molecule has 0 aliphatic rings. The maximum Gasteiger partial charge on any atom is 0.0584 e. The van der Waals surface area contributed by atoms with Crippen LogP contribution in [0.2, 0.25) is 0 Å². The molecule has 0 amide bonds. The lowest BCUT2D eigenvalue weighted by Gasteiger charge is -2.12. The number of aliphatic hydroxyl groups is 1. The van der Waals surface area contributed by atoms with E-state index in [1.807, 2.05) is 42.5 Å². The highest BCUT2D eigenvalue weighted by Gasteiger charge is 2.07. The van der Waals surface area contributed by atoms with E-state index in [0.29, 0.717) is 6.42 Å². The molecule has 0 spiro atoms. The second kappa shape index (κ2) is 6.22. The Hall–Kier alpha value is -1.80. The van der Waals surface area contributed by atoms with Crippen molar-refractivity contribution >= 4 is 5.69 Å². The van der Waals surface area contributed by atoms with Crippen molar-refractivity contribution in [3.8, 4) is 0 Å². The molecule has 0 bridgehead atoms. The third kappa shape index (κ3) is 3.60. The first-order valence-corrected chi connectivity index (χ1v) is 6.31. The van der Waals surface area contributed by atoms with Gasteiger partial charge in [-0.2, -0.15) is 0 Å². The van der Waals surface area contributed by atoms with Gasteiger partial charge in [0.15, 0.2) is 0 Å². The lowest BCUT2D eigenvalue weighted by atomic mass is 10.0. The summed E-state index contributed by atoms with van der Waals surface area (Å²) in [4.78, 5) is 0. The van der Waals surface area contributed by atoms with Crippen LogP contribution < -0.4 is 5.73 Å². The molecule has 0 saturated carbocycles. The fraction of sp³-hybridized carbons (Fsp3) is 0.250. The maximum absolute atomic E-state index is 10.0. The molecule has 18 heavy (non-hydrogen) atoms. The zero-order chi connectivity index (χ0) is 12.8. The van der Waals surface area contributed by atoms with Crippen LogP contribution in [0, 0.1) is 0 Å². The average molecular weight is 241 g/mol. The van der Waals surface area contributed by atoms with Crippen molar-refractivity contribution in [2.75, 3.05) is 5.73 Å². The van der Waals surface area contributed by atoms with Gasteiger partial charge in [-0.05, 0) is 30.0 Å². The van der Waals surface area contributed by atoms with Crippen molar-refractivity contribution in [1.82, 2.24) is 0 Å². The lowest BCUT2D eigenvalue weighted by molar-refractivity contribution is 0.165. The molecule has 2 aromatic carbocycles. The van der Waals surface area contributed by atoms with Crippen LogP contribution in [0.3, 0.4) is 0 Å². The third-order valence-electron chi connectivity index (χ3n) is 3.12. The van der Waals surface area contributed by atoms with Crippen LogP contribution in [-0.2, 0) is 12.8 Å². The number of nitrogen functional groups attached to an aromatic ring is 1. The fourth-order valence-electron chi connectivity index (χ4n) is 2.05. The largest absolute Gasteiger partial charge is 0.399 e. The molecular formula is C16H19NO. The molecule has 0 heterocycles. The molecule has 0 aliphatic carbocycles. The van der Waals surface area contributed by atoms with E-state index in [1.54, 1.807) is 0 Å². The molecule has 0 fully saturated rings. The molecule has 0 aromatic heterocycles. The number of para-hydroxylation sites is 1. The standard InChI is InChI=1S/C16H19NO/c17-16-9-5-4-8-14(16)12-15(18)11-10-13-6-2-1-3-7-13/h1-9,15,18H,10-12,17H2. The lowest BCUT2D eigenvalue weighted by Crippen LogP contribution is -2.12. The Labute approximate surface area is 108 Å². The molecule has 94 valence electrons. The Bertz CT molecular complexity index is 481. The van der Waals surface area contributed by atoms with E-state index in [2.05, 4.69) is 12.1 Å². The predicted octanol–water partition coefficient (Wildman–Crippen LogP) is 2.81. The molecule has 2 nitrogen and oxygen atoms in total. The van der Waals surface area contributed by atoms with Crippen LogP contribution in [0.1, 0.15) is 17.5 Å². The molecule has 2 rings (SSSR count). The van der Waals surface area contributed by atoms with Gasteiger partial charge in [-0.15, -0.1) is 0 Å². The number of aryl methyl sites for hydroxylation is 1. The summed E-state index contributed by atoms with van der Waals surface area (Å²) in [5, 5.41) is 10.0. The topological polar surface area (TPSA) is 46.2 Å². The normalized spacial score (nSPS) is 12.3. The smallest absolute Gasteiger partial charge is 0.0584 e. The van der Waals surface area contributed by atoms with Crippen molar-refractivity contribution in [3.63, 3.8) is 0 Å². The van der Waals surface area contributed by atoms with Gasteiger partial charge in [0, 0.05) is 12.1 Å². The van der Waals surface area contributed by atoms with Crippen molar-refractivity contribution in [1.29, 1.82) is 0 Å². The van der Waals surface area contributed by atoms with Crippen LogP contribution in [-0.4, -0.2) is 11.2 Å². The third-order valence-corrected chi connectivity index (χ3v) is 3.12. The molecule has 0 aliphatic heterocycles. The molecule has 2 heteroatoms. The summed E-state index contributed by atoms with van der Waals surface area (Å²) in [6, 6.07) is 17.9. The molecule has 3 N–H and O–H groups in total. The molecule has 2 aromatic rings. The summed E-state index contributed by atoms with van der Waals surface area (Å²) in [5.74, 6) is 0. The second-order valence-electron chi connectivity index (χ2n) is 4.58. The summed E-state index contributed by atoms with van der Waals surface area (Å²) >= 11 is 0. The second-order valence-corrected chi connectivity index (χ2v) is 4.58. The van der Waals surface area contributed by atoms with E-state index in [1.165, 1.54) is 5.56 Å². The fourth-order valence-corrected chi connectivity index (χ4v) is 2.05. The average Bonchev–Trinajstić information content (AvgIpc) is 2.40. The number of hydrogen-bond acceptors (Lipinski definition) is 2. The van der Waals surface area contributed by atoms with Crippen molar-refractivity contribution < 1.29 is 5.11 Å². The van der Waals surface area contributed by atoms with Crippen molar-refractivity contribution in [2.24, 2.45) is 0 Å². The van der Waals surface area contributed by atoms with E-state index in [4.69, 9.17) is 5.73 Å². The van der Waals surface area contributed by atoms with Crippen LogP contribution in [0.25, 0.3) is 0 Å². The van der Waals surface area contributed by atoms with Gasteiger partial charge in [-0.1, -0.05) is 48.5 Å². The highest BCUT2D eigenvalue weighted by Crippen LogP contribution is 2.15. The van der Waals surface area contributed by atoms with E-state index in [9.17, 15) is 5.11 Å². The first-order chi connectivity index (χ1) is 8.75. The Morgan fingerprint density at radius 3 is 2.33 bits per heavy atom. The predicted molar refractivity (Wildman–Crippen MR) is 75.3 cm³/mol. The maximum atomic E-state index is 10.0. The first kappa shape index (κ1) is 12.7. The number of hydrogen-bond donors (Lipinski definition) is 2. The quantitative estimate of drug-likeness (QED) is 0.791. The highest BCUT2D eigenvalue weighted by molar-refractivity contribution is 5.46. The van der Waals surface area contributed by atoms with Crippen LogP contribution in [0.5, 0.6) is 0 Å². The summed E-state index contributed by atoms with van der Waals surface area (Å²) in [7, 11) is 0. The van der Waals surface area contributed by atoms with Crippen LogP contribution >= 0.6 is 0 Å². The van der Waals surface area contributed by atoms with Gasteiger partial charge in [-0.3, -0.25) is 0 Å². The summed E-state index contributed by atoms with van der Waals surface area (Å²) < 4.78 is 0. The van der Waals surface area contributed by atoms with Crippen LogP contribution in [0.15, 0.2) is 54.6 Å². The van der Waals surface area contributed by atoms with Crippen molar-refractivity contribution in [2.45, 2.75) is 25.4 Å². The van der Waals surface area contributed by atoms with E-state index >= 15 is 0 Å². The number of aliphatic hydroxyl groups excluding tert-OH is 1. The van der Waals surface area contributed by atoms with Crippen LogP contribution in [0.4, 0.5) is 5.69 Å². The van der Waals surface area contributed by atoms with E-state index < -0.39 is 0 Å². The number of benzene rings is 2.